The summed E-state index contributed by atoms with van der Waals surface area (Å²) < 4.78 is 5.51. The minimum atomic E-state index is -0.489. The molecule has 0 radical (unpaired) electrons. The molecule has 0 spiro atoms. The maximum atomic E-state index is 11.0. The number of hydrogen-bond donors (Lipinski definition) is 3. The lowest BCUT2D eigenvalue weighted by Crippen LogP contribution is -2.29. The second-order valence-electron chi connectivity index (χ2n) is 5.86. The highest BCUT2D eigenvalue weighted by Gasteiger charge is 2.28. The van der Waals surface area contributed by atoms with Crippen molar-refractivity contribution in [1.29, 1.82) is 0 Å². The Morgan fingerprint density at radius 1 is 1.41 bits per heavy atom. The zero-order valence-electron chi connectivity index (χ0n) is 13.1. The van der Waals surface area contributed by atoms with Gasteiger partial charge in [0, 0.05) is 5.69 Å². The zero-order chi connectivity index (χ0) is 16.1. The second kappa shape index (κ2) is 7.26. The molecule has 6 nitrogen and oxygen atoms in total. The van der Waals surface area contributed by atoms with Crippen molar-refractivity contribution >= 4 is 17.6 Å². The Kier molecular flexibility index (Phi) is 5.38. The van der Waals surface area contributed by atoms with Crippen LogP contribution < -0.4 is 16.8 Å². The van der Waals surface area contributed by atoms with Crippen LogP contribution in [0.15, 0.2) is 29.3 Å². The normalized spacial score (nSPS) is 22.0. The van der Waals surface area contributed by atoms with Crippen LogP contribution in [-0.4, -0.2) is 30.6 Å². The van der Waals surface area contributed by atoms with Crippen LogP contribution in [0.5, 0.6) is 0 Å². The van der Waals surface area contributed by atoms with Gasteiger partial charge in [-0.15, -0.1) is 0 Å². The number of hydrogen-bond acceptors (Lipinski definition) is 3. The third-order valence-corrected chi connectivity index (χ3v) is 3.72. The third-order valence-electron chi connectivity index (χ3n) is 3.72. The molecule has 22 heavy (non-hydrogen) atoms. The fourth-order valence-corrected chi connectivity index (χ4v) is 2.41. The number of ether oxygens (including phenoxy) is 1. The first-order valence-electron chi connectivity index (χ1n) is 7.57. The number of anilines is 1. The maximum absolute atomic E-state index is 11.0. The fraction of sp³-hybridized carbons (Fsp3) is 0.500. The summed E-state index contributed by atoms with van der Waals surface area (Å²) in [6.07, 6.45) is 0.837. The summed E-state index contributed by atoms with van der Waals surface area (Å²) in [5, 5.41) is 3.08. The number of rotatable bonds is 5. The summed E-state index contributed by atoms with van der Waals surface area (Å²) in [7, 11) is 0. The van der Waals surface area contributed by atoms with Gasteiger partial charge in [0.25, 0.3) is 0 Å². The van der Waals surface area contributed by atoms with Crippen LogP contribution in [0.1, 0.15) is 38.2 Å². The highest BCUT2D eigenvalue weighted by atomic mass is 16.5. The Morgan fingerprint density at radius 2 is 2.18 bits per heavy atom. The number of nitrogens with zero attached hydrogens (tertiary/aromatic N) is 1. The van der Waals surface area contributed by atoms with Gasteiger partial charge in [0.15, 0.2) is 5.96 Å². The van der Waals surface area contributed by atoms with Crippen molar-refractivity contribution in [1.82, 2.24) is 0 Å². The molecule has 1 aromatic carbocycles. The molecule has 0 aliphatic carbocycles. The van der Waals surface area contributed by atoms with Gasteiger partial charge in [-0.1, -0.05) is 26.0 Å². The Labute approximate surface area is 130 Å². The summed E-state index contributed by atoms with van der Waals surface area (Å²) >= 11 is 0. The van der Waals surface area contributed by atoms with E-state index >= 15 is 0 Å². The molecule has 120 valence electrons. The number of aliphatic imine (C=N–C) groups is 1. The predicted octanol–water partition coefficient (Wildman–Crippen LogP) is 1.57. The van der Waals surface area contributed by atoms with Crippen molar-refractivity contribution in [2.75, 3.05) is 11.9 Å². The summed E-state index contributed by atoms with van der Waals surface area (Å²) in [4.78, 5) is 15.3. The summed E-state index contributed by atoms with van der Waals surface area (Å²) in [5.74, 6) is 0.382. The Balaban J connectivity index is 1.88. The largest absolute Gasteiger partial charge is 0.370 e. The molecule has 1 amide bonds. The first kappa shape index (κ1) is 16.3. The third kappa shape index (κ3) is 4.46. The first-order valence-corrected chi connectivity index (χ1v) is 7.57. The van der Waals surface area contributed by atoms with E-state index in [1.54, 1.807) is 0 Å². The SMILES string of the molecule is CC(C)c1cccc(NC(N)=NCC2CCC(C(N)=O)O2)c1. The Bertz CT molecular complexity index is 557. The molecule has 1 fully saturated rings. The van der Waals surface area contributed by atoms with Crippen LogP contribution in [0.3, 0.4) is 0 Å². The van der Waals surface area contributed by atoms with Gasteiger partial charge in [0.1, 0.15) is 6.10 Å². The Morgan fingerprint density at radius 3 is 2.82 bits per heavy atom. The van der Waals surface area contributed by atoms with Gasteiger partial charge in [-0.05, 0) is 36.5 Å². The number of amides is 1. The number of nitrogens with one attached hydrogen (secondary N) is 1. The van der Waals surface area contributed by atoms with Crippen LogP contribution in [0.4, 0.5) is 5.69 Å². The average Bonchev–Trinajstić information content (AvgIpc) is 2.94. The quantitative estimate of drug-likeness (QED) is 0.567. The van der Waals surface area contributed by atoms with Crippen molar-refractivity contribution in [3.63, 3.8) is 0 Å². The van der Waals surface area contributed by atoms with Crippen LogP contribution in [0.25, 0.3) is 0 Å². The molecular weight excluding hydrogens is 280 g/mol. The molecule has 0 bridgehead atoms. The number of carbonyl (C=O) groups excluding carboxylic acids is 1. The van der Waals surface area contributed by atoms with Crippen LogP contribution in [0, 0.1) is 0 Å². The molecule has 1 aromatic rings. The van der Waals surface area contributed by atoms with E-state index in [2.05, 4.69) is 36.3 Å². The predicted molar refractivity (Wildman–Crippen MR) is 87.7 cm³/mol. The second-order valence-corrected chi connectivity index (χ2v) is 5.86. The molecule has 6 heteroatoms. The minimum absolute atomic E-state index is 0.0974. The van der Waals surface area contributed by atoms with Crippen molar-refractivity contribution < 1.29 is 9.53 Å². The molecule has 2 atom stereocenters. The molecular formula is C16H24N4O2. The van der Waals surface area contributed by atoms with E-state index in [1.807, 2.05) is 12.1 Å². The van der Waals surface area contributed by atoms with E-state index in [1.165, 1.54) is 5.56 Å². The van der Waals surface area contributed by atoms with Crippen molar-refractivity contribution in [2.24, 2.45) is 16.5 Å². The standard InChI is InChI=1S/C16H24N4O2/c1-10(2)11-4-3-5-12(8-11)20-16(18)19-9-13-6-7-14(22-13)15(17)21/h3-5,8,10,13-14H,6-7,9H2,1-2H3,(H2,17,21)(H3,18,19,20). The molecule has 1 aliphatic rings. The summed E-state index contributed by atoms with van der Waals surface area (Å²) in [5.41, 5.74) is 13.3. The molecule has 1 heterocycles. The van der Waals surface area contributed by atoms with Crippen LogP contribution in [-0.2, 0) is 9.53 Å². The van der Waals surface area contributed by atoms with Gasteiger partial charge < -0.3 is 21.5 Å². The molecule has 1 saturated heterocycles. The van der Waals surface area contributed by atoms with E-state index in [4.69, 9.17) is 16.2 Å². The minimum Gasteiger partial charge on any atom is -0.370 e. The van der Waals surface area contributed by atoms with Crippen molar-refractivity contribution in [2.45, 2.75) is 44.8 Å². The van der Waals surface area contributed by atoms with Crippen LogP contribution >= 0.6 is 0 Å². The lowest BCUT2D eigenvalue weighted by molar-refractivity contribution is -0.128. The monoisotopic (exact) mass is 304 g/mol. The number of guanidine groups is 1. The first-order chi connectivity index (χ1) is 10.5. The molecule has 0 saturated carbocycles. The molecule has 1 aliphatic heterocycles. The lowest BCUT2D eigenvalue weighted by atomic mass is 10.0. The number of carbonyl (C=O) groups is 1. The van der Waals surface area contributed by atoms with E-state index in [0.717, 1.165) is 12.1 Å². The average molecular weight is 304 g/mol. The molecule has 2 rings (SSSR count). The highest BCUT2D eigenvalue weighted by Crippen LogP contribution is 2.20. The van der Waals surface area contributed by atoms with Gasteiger partial charge in [-0.3, -0.25) is 9.79 Å². The van der Waals surface area contributed by atoms with Gasteiger partial charge in [-0.25, -0.2) is 0 Å². The van der Waals surface area contributed by atoms with E-state index in [9.17, 15) is 4.79 Å². The number of primary amides is 1. The Hall–Kier alpha value is -2.08. The molecule has 2 unspecified atom stereocenters. The smallest absolute Gasteiger partial charge is 0.246 e. The van der Waals surface area contributed by atoms with Gasteiger partial charge in [0.05, 0.1) is 12.6 Å². The van der Waals surface area contributed by atoms with E-state index in [0.29, 0.717) is 24.8 Å². The summed E-state index contributed by atoms with van der Waals surface area (Å²) in [6, 6.07) is 8.08. The maximum Gasteiger partial charge on any atom is 0.246 e. The molecule has 0 aromatic heterocycles. The van der Waals surface area contributed by atoms with Gasteiger partial charge in [-0.2, -0.15) is 0 Å². The van der Waals surface area contributed by atoms with Crippen molar-refractivity contribution in [3.8, 4) is 0 Å². The van der Waals surface area contributed by atoms with Gasteiger partial charge in [0.2, 0.25) is 5.91 Å². The highest BCUT2D eigenvalue weighted by molar-refractivity contribution is 5.92. The van der Waals surface area contributed by atoms with Gasteiger partial charge >= 0.3 is 0 Å². The number of benzene rings is 1. The zero-order valence-corrected chi connectivity index (χ0v) is 13.1. The fourth-order valence-electron chi connectivity index (χ4n) is 2.41. The van der Waals surface area contributed by atoms with E-state index < -0.39 is 12.0 Å². The van der Waals surface area contributed by atoms with Crippen molar-refractivity contribution in [3.05, 3.63) is 29.8 Å². The summed E-state index contributed by atoms with van der Waals surface area (Å²) in [6.45, 7) is 4.71. The number of nitrogens with two attached hydrogens (primary N) is 2. The van der Waals surface area contributed by atoms with Crippen LogP contribution in [0.2, 0.25) is 0 Å². The van der Waals surface area contributed by atoms with E-state index in [-0.39, 0.29) is 6.10 Å². The lowest BCUT2D eigenvalue weighted by Gasteiger charge is -2.11. The topological polar surface area (TPSA) is 103 Å². The molecule has 5 N–H and O–H groups in total.